The van der Waals surface area contributed by atoms with Crippen molar-refractivity contribution in [2.45, 2.75) is 6.54 Å². The Morgan fingerprint density at radius 3 is 3.18 bits per heavy atom. The minimum atomic E-state index is -0.371. The van der Waals surface area contributed by atoms with Crippen LogP contribution in [0.5, 0.6) is 0 Å². The van der Waals surface area contributed by atoms with Crippen molar-refractivity contribution >= 4 is 5.84 Å². The Hall–Kier alpha value is -1.45. The van der Waals surface area contributed by atoms with Gasteiger partial charge in [0.2, 0.25) is 0 Å². The standard InChI is InChI=1S/C7H6FN3/c8-4-1-5-6(10-2-4)3-11-7(5)9/h1-2H,3H2,(H2,9,11). The van der Waals surface area contributed by atoms with Gasteiger partial charge in [0.05, 0.1) is 18.4 Å². The van der Waals surface area contributed by atoms with Crippen LogP contribution in [0.1, 0.15) is 11.3 Å². The third-order valence-corrected chi connectivity index (χ3v) is 1.61. The van der Waals surface area contributed by atoms with Crippen molar-refractivity contribution in [3.05, 3.63) is 29.3 Å². The van der Waals surface area contributed by atoms with Crippen LogP contribution in [0.2, 0.25) is 0 Å². The van der Waals surface area contributed by atoms with Crippen molar-refractivity contribution in [2.24, 2.45) is 10.7 Å². The molecule has 4 heteroatoms. The molecule has 0 aromatic carbocycles. The summed E-state index contributed by atoms with van der Waals surface area (Å²) in [6.45, 7) is 0.474. The molecule has 0 radical (unpaired) electrons. The number of fused-ring (bicyclic) bond motifs is 1. The van der Waals surface area contributed by atoms with E-state index in [9.17, 15) is 4.39 Å². The highest BCUT2D eigenvalue weighted by molar-refractivity contribution is 6.00. The second kappa shape index (κ2) is 2.02. The number of rotatable bonds is 0. The molecule has 0 amide bonds. The van der Waals surface area contributed by atoms with Gasteiger partial charge in [0, 0.05) is 5.56 Å². The summed E-state index contributed by atoms with van der Waals surface area (Å²) >= 11 is 0. The molecular weight excluding hydrogens is 145 g/mol. The number of pyridine rings is 1. The molecule has 1 aromatic heterocycles. The Kier molecular flexibility index (Phi) is 1.15. The van der Waals surface area contributed by atoms with Gasteiger partial charge in [-0.05, 0) is 6.07 Å². The Balaban J connectivity index is 2.60. The molecule has 0 aliphatic carbocycles. The smallest absolute Gasteiger partial charge is 0.142 e. The topological polar surface area (TPSA) is 51.3 Å². The van der Waals surface area contributed by atoms with E-state index >= 15 is 0 Å². The van der Waals surface area contributed by atoms with Crippen LogP contribution in [0.4, 0.5) is 4.39 Å². The van der Waals surface area contributed by atoms with E-state index in [4.69, 9.17) is 5.73 Å². The van der Waals surface area contributed by atoms with Crippen molar-refractivity contribution in [3.63, 3.8) is 0 Å². The van der Waals surface area contributed by atoms with E-state index in [1.165, 1.54) is 12.3 Å². The molecule has 2 N–H and O–H groups in total. The Morgan fingerprint density at radius 2 is 2.36 bits per heavy atom. The molecule has 3 nitrogen and oxygen atoms in total. The molecule has 0 fully saturated rings. The fourth-order valence-corrected chi connectivity index (χ4v) is 1.06. The summed E-state index contributed by atoms with van der Waals surface area (Å²) in [5, 5.41) is 0. The summed E-state index contributed by atoms with van der Waals surface area (Å²) < 4.78 is 12.6. The van der Waals surface area contributed by atoms with Crippen LogP contribution in [0.25, 0.3) is 0 Å². The number of amidine groups is 1. The first kappa shape index (κ1) is 6.27. The van der Waals surface area contributed by atoms with E-state index in [0.717, 1.165) is 5.69 Å². The minimum Gasteiger partial charge on any atom is -0.383 e. The second-order valence-corrected chi connectivity index (χ2v) is 2.35. The third-order valence-electron chi connectivity index (χ3n) is 1.61. The lowest BCUT2D eigenvalue weighted by atomic mass is 10.2. The van der Waals surface area contributed by atoms with E-state index < -0.39 is 0 Å². The first-order valence-corrected chi connectivity index (χ1v) is 3.22. The summed E-state index contributed by atoms with van der Waals surface area (Å²) in [7, 11) is 0. The number of halogens is 1. The van der Waals surface area contributed by atoms with Gasteiger partial charge in [-0.3, -0.25) is 9.98 Å². The summed E-state index contributed by atoms with van der Waals surface area (Å²) in [5.41, 5.74) is 6.84. The van der Waals surface area contributed by atoms with Crippen LogP contribution in [-0.4, -0.2) is 10.8 Å². The average molecular weight is 151 g/mol. The number of aromatic nitrogens is 1. The lowest BCUT2D eigenvalue weighted by Crippen LogP contribution is -2.11. The first-order chi connectivity index (χ1) is 5.27. The predicted molar refractivity (Wildman–Crippen MR) is 38.6 cm³/mol. The van der Waals surface area contributed by atoms with Crippen LogP contribution < -0.4 is 5.73 Å². The van der Waals surface area contributed by atoms with Crippen LogP contribution >= 0.6 is 0 Å². The number of hydrogen-bond donors (Lipinski definition) is 1. The van der Waals surface area contributed by atoms with Gasteiger partial charge in [-0.2, -0.15) is 0 Å². The highest BCUT2D eigenvalue weighted by Crippen LogP contribution is 2.14. The summed E-state index contributed by atoms with van der Waals surface area (Å²) in [6, 6.07) is 1.36. The van der Waals surface area contributed by atoms with E-state index in [2.05, 4.69) is 9.98 Å². The first-order valence-electron chi connectivity index (χ1n) is 3.22. The molecule has 0 saturated heterocycles. The molecule has 2 heterocycles. The quantitative estimate of drug-likeness (QED) is 0.584. The number of nitrogens with two attached hydrogens (primary N) is 1. The summed E-state index contributed by atoms with van der Waals surface area (Å²) in [5.74, 6) is 0.0100. The largest absolute Gasteiger partial charge is 0.383 e. The van der Waals surface area contributed by atoms with Crippen LogP contribution in [-0.2, 0) is 6.54 Å². The van der Waals surface area contributed by atoms with Gasteiger partial charge in [-0.1, -0.05) is 0 Å². The van der Waals surface area contributed by atoms with Crippen molar-refractivity contribution in [3.8, 4) is 0 Å². The zero-order chi connectivity index (χ0) is 7.84. The maximum absolute atomic E-state index is 12.6. The monoisotopic (exact) mass is 151 g/mol. The van der Waals surface area contributed by atoms with Gasteiger partial charge in [-0.15, -0.1) is 0 Å². The fraction of sp³-hybridized carbons (Fsp3) is 0.143. The third kappa shape index (κ3) is 0.869. The Morgan fingerprint density at radius 1 is 1.55 bits per heavy atom. The van der Waals surface area contributed by atoms with Crippen LogP contribution in [0.15, 0.2) is 17.3 Å². The van der Waals surface area contributed by atoms with Crippen molar-refractivity contribution in [2.75, 3.05) is 0 Å². The van der Waals surface area contributed by atoms with Crippen LogP contribution in [0.3, 0.4) is 0 Å². The number of aliphatic imine (C=N–C) groups is 1. The average Bonchev–Trinajstić information content (AvgIpc) is 2.33. The molecule has 1 aliphatic heterocycles. The maximum Gasteiger partial charge on any atom is 0.142 e. The Bertz CT molecular complexity index is 332. The molecule has 11 heavy (non-hydrogen) atoms. The van der Waals surface area contributed by atoms with Gasteiger partial charge in [0.25, 0.3) is 0 Å². The van der Waals surface area contributed by atoms with E-state index in [-0.39, 0.29) is 5.82 Å². The number of nitrogens with zero attached hydrogens (tertiary/aromatic N) is 2. The normalized spacial score (nSPS) is 14.5. The van der Waals surface area contributed by atoms with Crippen molar-refractivity contribution < 1.29 is 4.39 Å². The van der Waals surface area contributed by atoms with E-state index in [1.54, 1.807) is 0 Å². The molecule has 1 aliphatic rings. The van der Waals surface area contributed by atoms with Crippen LogP contribution in [0, 0.1) is 5.82 Å². The van der Waals surface area contributed by atoms with Gasteiger partial charge in [-0.25, -0.2) is 4.39 Å². The maximum atomic E-state index is 12.6. The predicted octanol–water partition coefficient (Wildman–Crippen LogP) is 0.440. The van der Waals surface area contributed by atoms with Crippen molar-refractivity contribution in [1.82, 2.24) is 4.98 Å². The molecule has 0 saturated carbocycles. The molecule has 1 aromatic rings. The fourth-order valence-electron chi connectivity index (χ4n) is 1.06. The Labute approximate surface area is 62.8 Å². The summed E-state index contributed by atoms with van der Waals surface area (Å²) in [6.07, 6.45) is 1.17. The molecule has 2 rings (SSSR count). The zero-order valence-corrected chi connectivity index (χ0v) is 5.71. The van der Waals surface area contributed by atoms with Gasteiger partial charge in [0.1, 0.15) is 11.7 Å². The molecule has 0 atom stereocenters. The van der Waals surface area contributed by atoms with Gasteiger partial charge >= 0.3 is 0 Å². The minimum absolute atomic E-state index is 0.371. The molecule has 0 bridgehead atoms. The van der Waals surface area contributed by atoms with E-state index in [0.29, 0.717) is 17.9 Å². The zero-order valence-electron chi connectivity index (χ0n) is 5.71. The highest BCUT2D eigenvalue weighted by atomic mass is 19.1. The van der Waals surface area contributed by atoms with Gasteiger partial charge in [0.15, 0.2) is 0 Å². The lowest BCUT2D eigenvalue weighted by Gasteiger charge is -1.96. The number of hydrogen-bond acceptors (Lipinski definition) is 3. The van der Waals surface area contributed by atoms with Crippen molar-refractivity contribution in [1.29, 1.82) is 0 Å². The molecule has 56 valence electrons. The lowest BCUT2D eigenvalue weighted by molar-refractivity contribution is 0.619. The molecule has 0 spiro atoms. The van der Waals surface area contributed by atoms with E-state index in [1.807, 2.05) is 0 Å². The molecule has 0 unspecified atom stereocenters. The van der Waals surface area contributed by atoms with Gasteiger partial charge < -0.3 is 5.73 Å². The highest BCUT2D eigenvalue weighted by Gasteiger charge is 2.14. The SMILES string of the molecule is NC1=NCc2ncc(F)cc21. The summed E-state index contributed by atoms with van der Waals surface area (Å²) in [4.78, 5) is 7.75. The molecular formula is C7H6FN3. The second-order valence-electron chi connectivity index (χ2n) is 2.35.